The second-order valence-electron chi connectivity index (χ2n) is 3.78. The zero-order valence-corrected chi connectivity index (χ0v) is 11.0. The Balaban J connectivity index is 2.88. The zero-order chi connectivity index (χ0) is 13.4. The number of benzene rings is 1. The molecule has 1 aromatic carbocycles. The van der Waals surface area contributed by atoms with Gasteiger partial charge in [-0.15, -0.1) is 0 Å². The lowest BCUT2D eigenvalue weighted by Crippen LogP contribution is -1.97. The van der Waals surface area contributed by atoms with Gasteiger partial charge in [0.05, 0.1) is 7.11 Å². The van der Waals surface area contributed by atoms with Crippen LogP contribution >= 0.6 is 0 Å². The van der Waals surface area contributed by atoms with Crippen LogP contribution in [0.1, 0.15) is 18.1 Å². The summed E-state index contributed by atoms with van der Waals surface area (Å²) in [7, 11) is 1.35. The first-order chi connectivity index (χ1) is 8.67. The van der Waals surface area contributed by atoms with Gasteiger partial charge in [0.1, 0.15) is 12.4 Å². The summed E-state index contributed by atoms with van der Waals surface area (Å²) in [4.78, 5) is 11.1. The van der Waals surface area contributed by atoms with Crippen LogP contribution in [0, 0.1) is 6.92 Å². The normalized spacial score (nSPS) is 11.1. The largest absolute Gasteiger partial charge is 0.489 e. The van der Waals surface area contributed by atoms with Crippen LogP contribution in [-0.4, -0.2) is 19.7 Å². The Morgan fingerprint density at radius 2 is 2.17 bits per heavy atom. The number of esters is 1. The van der Waals surface area contributed by atoms with Crippen molar-refractivity contribution in [1.82, 2.24) is 0 Å². The zero-order valence-electron chi connectivity index (χ0n) is 11.0. The van der Waals surface area contributed by atoms with E-state index in [2.05, 4.69) is 4.74 Å². The van der Waals surface area contributed by atoms with Crippen LogP contribution in [0.5, 0.6) is 5.75 Å². The second kappa shape index (κ2) is 7.33. The van der Waals surface area contributed by atoms with Crippen molar-refractivity contribution in [2.75, 3.05) is 13.7 Å². The summed E-state index contributed by atoms with van der Waals surface area (Å²) < 4.78 is 10.2. The SMILES string of the molecule is C/C=C/COc1cc(C)ccc1/C=C/C(=O)OC. The van der Waals surface area contributed by atoms with Gasteiger partial charge in [0.25, 0.3) is 0 Å². The maximum Gasteiger partial charge on any atom is 0.330 e. The molecule has 0 aromatic heterocycles. The summed E-state index contributed by atoms with van der Waals surface area (Å²) >= 11 is 0. The van der Waals surface area contributed by atoms with Gasteiger partial charge in [-0.3, -0.25) is 0 Å². The van der Waals surface area contributed by atoms with Gasteiger partial charge in [0.15, 0.2) is 0 Å². The maximum absolute atomic E-state index is 11.1. The Hall–Kier alpha value is -2.03. The molecule has 0 saturated carbocycles. The minimum atomic E-state index is -0.380. The van der Waals surface area contributed by atoms with E-state index < -0.39 is 0 Å². The lowest BCUT2D eigenvalue weighted by molar-refractivity contribution is -0.134. The van der Waals surface area contributed by atoms with Crippen molar-refractivity contribution in [1.29, 1.82) is 0 Å². The van der Waals surface area contributed by atoms with Crippen molar-refractivity contribution < 1.29 is 14.3 Å². The number of rotatable bonds is 5. The molecule has 0 heterocycles. The second-order valence-corrected chi connectivity index (χ2v) is 3.78. The predicted molar refractivity (Wildman–Crippen MR) is 72.5 cm³/mol. The van der Waals surface area contributed by atoms with E-state index in [-0.39, 0.29) is 5.97 Å². The first kappa shape index (κ1) is 14.0. The first-order valence-electron chi connectivity index (χ1n) is 5.78. The predicted octanol–water partition coefficient (Wildman–Crippen LogP) is 3.14. The number of ether oxygens (including phenoxy) is 2. The van der Waals surface area contributed by atoms with Gasteiger partial charge in [0, 0.05) is 11.6 Å². The summed E-state index contributed by atoms with van der Waals surface area (Å²) in [6, 6.07) is 5.83. The molecule has 0 bridgehead atoms. The molecular formula is C15H18O3. The third-order valence-electron chi connectivity index (χ3n) is 2.34. The Labute approximate surface area is 108 Å². The minimum Gasteiger partial charge on any atom is -0.489 e. The molecule has 3 heteroatoms. The molecule has 0 atom stereocenters. The number of allylic oxidation sites excluding steroid dienone is 1. The minimum absolute atomic E-state index is 0.380. The molecule has 0 saturated heterocycles. The van der Waals surface area contributed by atoms with Crippen LogP contribution in [0.15, 0.2) is 36.4 Å². The summed E-state index contributed by atoms with van der Waals surface area (Å²) in [5.74, 6) is 0.378. The molecule has 0 spiro atoms. The van der Waals surface area contributed by atoms with Crippen molar-refractivity contribution in [3.63, 3.8) is 0 Å². The van der Waals surface area contributed by atoms with E-state index in [1.54, 1.807) is 6.08 Å². The molecule has 0 aliphatic heterocycles. The third-order valence-corrected chi connectivity index (χ3v) is 2.34. The smallest absolute Gasteiger partial charge is 0.330 e. The topological polar surface area (TPSA) is 35.5 Å². The van der Waals surface area contributed by atoms with E-state index in [9.17, 15) is 4.79 Å². The Kier molecular flexibility index (Phi) is 5.71. The van der Waals surface area contributed by atoms with E-state index >= 15 is 0 Å². The molecule has 0 unspecified atom stereocenters. The highest BCUT2D eigenvalue weighted by Gasteiger charge is 2.01. The lowest BCUT2D eigenvalue weighted by Gasteiger charge is -2.08. The maximum atomic E-state index is 11.1. The monoisotopic (exact) mass is 246 g/mol. The van der Waals surface area contributed by atoms with Gasteiger partial charge < -0.3 is 9.47 Å². The summed E-state index contributed by atoms with van der Waals surface area (Å²) in [5, 5.41) is 0. The van der Waals surface area contributed by atoms with Crippen LogP contribution in [0.4, 0.5) is 0 Å². The number of aryl methyl sites for hydroxylation is 1. The molecule has 1 aromatic rings. The molecule has 1 rings (SSSR count). The van der Waals surface area contributed by atoms with Crippen LogP contribution in [0.2, 0.25) is 0 Å². The summed E-state index contributed by atoms with van der Waals surface area (Å²) in [5.41, 5.74) is 1.97. The molecule has 96 valence electrons. The number of hydrogen-bond donors (Lipinski definition) is 0. The van der Waals surface area contributed by atoms with Gasteiger partial charge in [-0.05, 0) is 31.6 Å². The molecule has 0 amide bonds. The van der Waals surface area contributed by atoms with Crippen molar-refractivity contribution in [3.8, 4) is 5.75 Å². The number of carbonyl (C=O) groups excluding carboxylic acids is 1. The molecule has 0 aliphatic carbocycles. The molecule has 0 aliphatic rings. The highest BCUT2D eigenvalue weighted by atomic mass is 16.5. The van der Waals surface area contributed by atoms with Crippen LogP contribution in [0.3, 0.4) is 0 Å². The Morgan fingerprint density at radius 3 is 2.83 bits per heavy atom. The molecule has 3 nitrogen and oxygen atoms in total. The van der Waals surface area contributed by atoms with Gasteiger partial charge >= 0.3 is 5.97 Å². The third kappa shape index (κ3) is 4.45. The van der Waals surface area contributed by atoms with Crippen molar-refractivity contribution in [2.45, 2.75) is 13.8 Å². The molecular weight excluding hydrogens is 228 g/mol. The number of carbonyl (C=O) groups is 1. The highest BCUT2D eigenvalue weighted by molar-refractivity contribution is 5.87. The van der Waals surface area contributed by atoms with Gasteiger partial charge in [-0.25, -0.2) is 4.79 Å². The van der Waals surface area contributed by atoms with Gasteiger partial charge in [-0.2, -0.15) is 0 Å². The average Bonchev–Trinajstić information content (AvgIpc) is 2.37. The van der Waals surface area contributed by atoms with Crippen molar-refractivity contribution in [3.05, 3.63) is 47.6 Å². The van der Waals surface area contributed by atoms with Gasteiger partial charge in [0.2, 0.25) is 0 Å². The Bertz CT molecular complexity index is 459. The van der Waals surface area contributed by atoms with E-state index in [0.29, 0.717) is 6.61 Å². The molecule has 0 radical (unpaired) electrons. The fourth-order valence-electron chi connectivity index (χ4n) is 1.36. The quantitative estimate of drug-likeness (QED) is 0.455. The standard InChI is InChI=1S/C15H18O3/c1-4-5-10-18-14-11-12(2)6-7-13(14)8-9-15(16)17-3/h4-9,11H,10H2,1-3H3/b5-4+,9-8+. The van der Waals surface area contributed by atoms with E-state index in [1.165, 1.54) is 13.2 Å². The van der Waals surface area contributed by atoms with Crippen molar-refractivity contribution in [2.24, 2.45) is 0 Å². The summed E-state index contributed by atoms with van der Waals surface area (Å²) in [6.07, 6.45) is 6.93. The average molecular weight is 246 g/mol. The number of hydrogen-bond acceptors (Lipinski definition) is 3. The highest BCUT2D eigenvalue weighted by Crippen LogP contribution is 2.21. The van der Waals surface area contributed by atoms with Crippen LogP contribution in [-0.2, 0) is 9.53 Å². The first-order valence-corrected chi connectivity index (χ1v) is 5.78. The van der Waals surface area contributed by atoms with Crippen molar-refractivity contribution >= 4 is 12.0 Å². The van der Waals surface area contributed by atoms with E-state index in [0.717, 1.165) is 16.9 Å². The van der Waals surface area contributed by atoms with Crippen LogP contribution < -0.4 is 4.74 Å². The van der Waals surface area contributed by atoms with Crippen LogP contribution in [0.25, 0.3) is 6.08 Å². The summed E-state index contributed by atoms with van der Waals surface area (Å²) in [6.45, 7) is 4.45. The number of methoxy groups -OCH3 is 1. The van der Waals surface area contributed by atoms with E-state index in [1.807, 2.05) is 44.2 Å². The fourth-order valence-corrected chi connectivity index (χ4v) is 1.36. The molecule has 0 N–H and O–H groups in total. The fraction of sp³-hybridized carbons (Fsp3) is 0.267. The van der Waals surface area contributed by atoms with Gasteiger partial charge in [-0.1, -0.05) is 24.3 Å². The van der Waals surface area contributed by atoms with E-state index in [4.69, 9.17) is 4.74 Å². The molecule has 0 fully saturated rings. The Morgan fingerprint density at radius 1 is 1.39 bits per heavy atom. The molecule has 18 heavy (non-hydrogen) atoms. The lowest BCUT2D eigenvalue weighted by atomic mass is 10.1.